The quantitative estimate of drug-likeness (QED) is 0.235. The van der Waals surface area contributed by atoms with Crippen LogP contribution in [0.3, 0.4) is 0 Å². The van der Waals surface area contributed by atoms with E-state index in [1.54, 1.807) is 33.7 Å². The molecule has 2 bridgehead atoms. The smallest absolute Gasteiger partial charge is 0.247 e. The summed E-state index contributed by atoms with van der Waals surface area (Å²) in [4.78, 5) is 48.8. The van der Waals surface area contributed by atoms with Crippen LogP contribution in [0.4, 0.5) is 5.69 Å². The maximum absolute atomic E-state index is 14.6. The Labute approximate surface area is 250 Å². The van der Waals surface area contributed by atoms with Crippen LogP contribution >= 0.6 is 11.8 Å². The second-order valence-corrected chi connectivity index (χ2v) is 13.4. The van der Waals surface area contributed by atoms with Crippen LogP contribution in [0.1, 0.15) is 59.3 Å². The number of carbonyl (C=O) groups excluding carboxylic acids is 3. The van der Waals surface area contributed by atoms with Crippen LogP contribution in [0.15, 0.2) is 55.6 Å². The summed E-state index contributed by atoms with van der Waals surface area (Å²) >= 11 is 1.68. The second kappa shape index (κ2) is 13.6. The molecule has 3 aliphatic heterocycles. The molecule has 1 aromatic carbocycles. The van der Waals surface area contributed by atoms with Crippen molar-refractivity contribution < 1.29 is 19.5 Å². The molecule has 41 heavy (non-hydrogen) atoms. The first-order valence-electron chi connectivity index (χ1n) is 15.3. The van der Waals surface area contributed by atoms with Gasteiger partial charge in [0.05, 0.1) is 29.2 Å². The fraction of sp³-hybridized carbons (Fsp3) is 0.606. The van der Waals surface area contributed by atoms with Crippen molar-refractivity contribution >= 4 is 35.2 Å². The Bertz CT molecular complexity index is 1110. The number of amides is 3. The lowest BCUT2D eigenvalue weighted by Crippen LogP contribution is -2.58. The van der Waals surface area contributed by atoms with Gasteiger partial charge < -0.3 is 19.8 Å². The highest BCUT2D eigenvalue weighted by Crippen LogP contribution is 2.67. The predicted molar refractivity (Wildman–Crippen MR) is 167 cm³/mol. The molecule has 0 saturated carbocycles. The van der Waals surface area contributed by atoms with Gasteiger partial charge in [0.2, 0.25) is 17.7 Å². The Morgan fingerprint density at radius 2 is 1.85 bits per heavy atom. The van der Waals surface area contributed by atoms with Gasteiger partial charge in [-0.15, -0.1) is 24.9 Å². The fourth-order valence-electron chi connectivity index (χ4n) is 7.24. The number of thioether (sulfide) groups is 1. The maximum atomic E-state index is 14.6. The molecule has 3 aliphatic rings. The Balaban J connectivity index is 1.78. The van der Waals surface area contributed by atoms with Gasteiger partial charge in [-0.3, -0.25) is 14.4 Å². The highest BCUT2D eigenvalue weighted by atomic mass is 32.2. The normalized spacial score (nSPS) is 27.8. The number of carbonyl (C=O) groups is 3. The van der Waals surface area contributed by atoms with Crippen LogP contribution in [0.2, 0.25) is 0 Å². The molecule has 224 valence electrons. The lowest BCUT2D eigenvalue weighted by Gasteiger charge is -2.41. The van der Waals surface area contributed by atoms with Crippen molar-refractivity contribution in [3.05, 3.63) is 55.6 Å². The zero-order valence-corrected chi connectivity index (χ0v) is 25.7. The molecular weight excluding hydrogens is 534 g/mol. The van der Waals surface area contributed by atoms with Gasteiger partial charge in [-0.25, -0.2) is 0 Å². The fourth-order valence-corrected chi connectivity index (χ4v) is 9.43. The summed E-state index contributed by atoms with van der Waals surface area (Å²) in [6.45, 7) is 15.1. The van der Waals surface area contributed by atoms with Gasteiger partial charge >= 0.3 is 0 Å². The Kier molecular flexibility index (Phi) is 10.4. The standard InChI is InChI=1S/C33H47N3O4S/c1-6-10-14-21-34(19-7-2)32(40)29-33-18-17-26(41-33)27(28(33)31(39)36(29)25(22-37)23(5)9-4)30(38)35(20-8-3)24-15-12-11-13-16-24/h7-8,11-13,15-16,23,25-29,37H,2-3,6,9-10,14,17-22H2,1,4-5H3/t23-,25-,26-,27+,28-,29?,33?/m0/s1. The molecule has 0 radical (unpaired) electrons. The molecule has 7 nitrogen and oxygen atoms in total. The monoisotopic (exact) mass is 581 g/mol. The molecule has 7 atom stereocenters. The van der Waals surface area contributed by atoms with Crippen molar-refractivity contribution in [2.24, 2.45) is 17.8 Å². The molecule has 0 aliphatic carbocycles. The highest BCUT2D eigenvalue weighted by Gasteiger charge is 2.74. The van der Waals surface area contributed by atoms with Crippen molar-refractivity contribution in [1.82, 2.24) is 9.80 Å². The molecule has 1 N–H and O–H groups in total. The van der Waals surface area contributed by atoms with E-state index in [-0.39, 0.29) is 35.5 Å². The SMILES string of the molecule is C=CCN(CCCCC)C(=O)C1N([C@@H](CO)[C@@H](C)CC)C(=O)[C@@H]2[C@H](C(=O)N(CC=C)c3ccccc3)[C@@H]3CCC12S3. The number of likely N-dealkylation sites (tertiary alicyclic amines) is 1. The van der Waals surface area contributed by atoms with Gasteiger partial charge in [0.25, 0.3) is 0 Å². The molecule has 1 spiro atoms. The minimum Gasteiger partial charge on any atom is -0.394 e. The zero-order valence-electron chi connectivity index (χ0n) is 24.9. The van der Waals surface area contributed by atoms with E-state index >= 15 is 0 Å². The van der Waals surface area contributed by atoms with Crippen LogP contribution < -0.4 is 4.90 Å². The molecule has 2 unspecified atom stereocenters. The average Bonchev–Trinajstić information content (AvgIpc) is 3.63. The molecule has 1 aromatic rings. The van der Waals surface area contributed by atoms with Gasteiger partial charge in [0.15, 0.2) is 0 Å². The molecule has 0 aromatic heterocycles. The summed E-state index contributed by atoms with van der Waals surface area (Å²) in [7, 11) is 0. The zero-order chi connectivity index (χ0) is 29.7. The molecule has 3 heterocycles. The van der Waals surface area contributed by atoms with Crippen molar-refractivity contribution in [2.45, 2.75) is 81.4 Å². The number of fused-ring (bicyclic) bond motifs is 1. The number of hydrogen-bond donors (Lipinski definition) is 1. The van der Waals surface area contributed by atoms with E-state index in [1.807, 2.05) is 49.1 Å². The summed E-state index contributed by atoms with van der Waals surface area (Å²) in [5.74, 6) is -1.47. The number of nitrogens with zero attached hydrogens (tertiary/aromatic N) is 3. The maximum Gasteiger partial charge on any atom is 0.247 e. The Hall–Kier alpha value is -2.58. The summed E-state index contributed by atoms with van der Waals surface area (Å²) in [5.41, 5.74) is 0.773. The Morgan fingerprint density at radius 3 is 2.46 bits per heavy atom. The molecular formula is C33H47N3O4S. The molecule has 8 heteroatoms. The van der Waals surface area contributed by atoms with Gasteiger partial charge in [-0.1, -0.05) is 70.4 Å². The number of rotatable bonds is 15. The lowest BCUT2D eigenvalue weighted by molar-refractivity contribution is -0.146. The van der Waals surface area contributed by atoms with Crippen LogP contribution in [0.25, 0.3) is 0 Å². The number of aliphatic hydroxyl groups excluding tert-OH is 1. The van der Waals surface area contributed by atoms with Gasteiger partial charge in [0.1, 0.15) is 6.04 Å². The summed E-state index contributed by atoms with van der Waals surface area (Å²) in [6, 6.07) is 8.31. The third-order valence-corrected chi connectivity index (χ3v) is 11.4. The van der Waals surface area contributed by atoms with E-state index in [4.69, 9.17) is 0 Å². The minimum atomic E-state index is -0.717. The third kappa shape index (κ3) is 5.62. The summed E-state index contributed by atoms with van der Waals surface area (Å²) < 4.78 is -0.694. The number of hydrogen-bond acceptors (Lipinski definition) is 5. The number of anilines is 1. The number of aliphatic hydroxyl groups is 1. The minimum absolute atomic E-state index is 0.000330. The van der Waals surface area contributed by atoms with E-state index < -0.39 is 28.7 Å². The van der Waals surface area contributed by atoms with Crippen LogP contribution in [-0.2, 0) is 14.4 Å². The largest absolute Gasteiger partial charge is 0.394 e. The molecule has 4 rings (SSSR count). The van der Waals surface area contributed by atoms with E-state index in [0.717, 1.165) is 37.8 Å². The molecule has 3 amide bonds. The highest BCUT2D eigenvalue weighted by molar-refractivity contribution is 8.02. The van der Waals surface area contributed by atoms with E-state index in [1.165, 1.54) is 0 Å². The number of para-hydroxylation sites is 1. The first kappa shape index (κ1) is 31.4. The van der Waals surface area contributed by atoms with Crippen molar-refractivity contribution in [3.8, 4) is 0 Å². The van der Waals surface area contributed by atoms with Crippen LogP contribution in [0.5, 0.6) is 0 Å². The first-order chi connectivity index (χ1) is 19.8. The third-order valence-electron chi connectivity index (χ3n) is 9.44. The van der Waals surface area contributed by atoms with Gasteiger partial charge in [-0.05, 0) is 37.3 Å². The van der Waals surface area contributed by atoms with Crippen molar-refractivity contribution in [3.63, 3.8) is 0 Å². The summed E-state index contributed by atoms with van der Waals surface area (Å²) in [6.07, 6.45) is 8.65. The molecule has 3 fully saturated rings. The molecule has 3 saturated heterocycles. The topological polar surface area (TPSA) is 81.2 Å². The van der Waals surface area contributed by atoms with Crippen molar-refractivity contribution in [1.29, 1.82) is 0 Å². The number of unbranched alkanes of at least 4 members (excludes halogenated alkanes) is 2. The van der Waals surface area contributed by atoms with E-state index in [9.17, 15) is 19.5 Å². The number of benzene rings is 1. The van der Waals surface area contributed by atoms with Gasteiger partial charge in [-0.2, -0.15) is 0 Å². The van der Waals surface area contributed by atoms with E-state index in [2.05, 4.69) is 20.1 Å². The van der Waals surface area contributed by atoms with Crippen LogP contribution in [0, 0.1) is 17.8 Å². The lowest BCUT2D eigenvalue weighted by atomic mass is 9.70. The predicted octanol–water partition coefficient (Wildman–Crippen LogP) is 4.91. The van der Waals surface area contributed by atoms with Crippen molar-refractivity contribution in [2.75, 3.05) is 31.1 Å². The average molecular weight is 582 g/mol. The Morgan fingerprint density at radius 1 is 1.15 bits per heavy atom. The first-order valence-corrected chi connectivity index (χ1v) is 16.2. The second-order valence-electron chi connectivity index (χ2n) is 11.8. The summed E-state index contributed by atoms with van der Waals surface area (Å²) in [5, 5.41) is 10.6. The van der Waals surface area contributed by atoms with Gasteiger partial charge in [0, 0.05) is 30.6 Å². The van der Waals surface area contributed by atoms with E-state index in [0.29, 0.717) is 26.1 Å². The van der Waals surface area contributed by atoms with Crippen LogP contribution in [-0.4, -0.2) is 80.9 Å².